The molecule has 1 atom stereocenters. The summed E-state index contributed by atoms with van der Waals surface area (Å²) in [5.74, 6) is 0. The molecule has 0 aromatic heterocycles. The third-order valence-electron chi connectivity index (χ3n) is 3.93. The lowest BCUT2D eigenvalue weighted by Crippen LogP contribution is -2.39. The van der Waals surface area contributed by atoms with E-state index in [0.29, 0.717) is 6.54 Å². The molecule has 0 radical (unpaired) electrons. The van der Waals surface area contributed by atoms with Crippen molar-refractivity contribution in [3.63, 3.8) is 0 Å². The Hall–Kier alpha value is -0.580. The van der Waals surface area contributed by atoms with Crippen LogP contribution < -0.4 is 4.90 Å². The van der Waals surface area contributed by atoms with Gasteiger partial charge in [-0.05, 0) is 53.4 Å². The summed E-state index contributed by atoms with van der Waals surface area (Å²) in [6.45, 7) is 2.41. The molecule has 1 aliphatic carbocycles. The standard InChI is InChI=1S/C15H22BrNO2/c1-11(18)12-5-6-14(13(16)9-12)17(2)10-15(19)7-3-4-8-15/h5-6,9,11,18-19H,3-4,7-8,10H2,1-2H3. The van der Waals surface area contributed by atoms with Gasteiger partial charge in [0.1, 0.15) is 0 Å². The van der Waals surface area contributed by atoms with Gasteiger partial charge in [-0.15, -0.1) is 0 Å². The Morgan fingerprint density at radius 3 is 2.53 bits per heavy atom. The zero-order chi connectivity index (χ0) is 14.0. The quantitative estimate of drug-likeness (QED) is 0.892. The number of halogens is 1. The Kier molecular flexibility index (Phi) is 4.54. The first kappa shape index (κ1) is 14.8. The van der Waals surface area contributed by atoms with Gasteiger partial charge in [-0.1, -0.05) is 18.9 Å². The smallest absolute Gasteiger partial charge is 0.0821 e. The van der Waals surface area contributed by atoms with Gasteiger partial charge in [0.25, 0.3) is 0 Å². The molecule has 0 spiro atoms. The Labute approximate surface area is 123 Å². The number of aliphatic hydroxyl groups is 2. The third-order valence-corrected chi connectivity index (χ3v) is 4.57. The zero-order valence-corrected chi connectivity index (χ0v) is 13.2. The van der Waals surface area contributed by atoms with Gasteiger partial charge in [-0.3, -0.25) is 0 Å². The van der Waals surface area contributed by atoms with Crippen molar-refractivity contribution in [2.45, 2.75) is 44.3 Å². The average molecular weight is 328 g/mol. The van der Waals surface area contributed by atoms with Crippen LogP contribution in [0.25, 0.3) is 0 Å². The second kappa shape index (κ2) is 5.81. The maximum Gasteiger partial charge on any atom is 0.0821 e. The van der Waals surface area contributed by atoms with Gasteiger partial charge in [-0.2, -0.15) is 0 Å². The van der Waals surface area contributed by atoms with Crippen LogP contribution in [0.3, 0.4) is 0 Å². The second-order valence-corrected chi connectivity index (χ2v) is 6.53. The van der Waals surface area contributed by atoms with E-state index in [0.717, 1.165) is 41.4 Å². The normalized spacial score (nSPS) is 19.4. The van der Waals surface area contributed by atoms with Crippen molar-refractivity contribution >= 4 is 21.6 Å². The predicted octanol–water partition coefficient (Wildman–Crippen LogP) is 3.24. The van der Waals surface area contributed by atoms with Gasteiger partial charge in [0.2, 0.25) is 0 Å². The fourth-order valence-corrected chi connectivity index (χ4v) is 3.51. The SMILES string of the molecule is CC(O)c1ccc(N(C)CC2(O)CCCC2)c(Br)c1. The summed E-state index contributed by atoms with van der Waals surface area (Å²) in [5.41, 5.74) is 1.39. The summed E-state index contributed by atoms with van der Waals surface area (Å²) in [7, 11) is 2.00. The summed E-state index contributed by atoms with van der Waals surface area (Å²) in [4.78, 5) is 2.08. The van der Waals surface area contributed by atoms with E-state index in [4.69, 9.17) is 0 Å². The van der Waals surface area contributed by atoms with Crippen molar-refractivity contribution in [3.8, 4) is 0 Å². The Morgan fingerprint density at radius 2 is 2.00 bits per heavy atom. The minimum atomic E-state index is -0.545. The lowest BCUT2D eigenvalue weighted by Gasteiger charge is -2.30. The summed E-state index contributed by atoms with van der Waals surface area (Å²) >= 11 is 3.55. The molecule has 2 N–H and O–H groups in total. The maximum absolute atomic E-state index is 10.5. The van der Waals surface area contributed by atoms with E-state index in [1.165, 1.54) is 0 Å². The summed E-state index contributed by atoms with van der Waals surface area (Å²) in [6.07, 6.45) is 3.55. The van der Waals surface area contributed by atoms with E-state index in [1.807, 2.05) is 25.2 Å². The number of nitrogens with zero attached hydrogens (tertiary/aromatic N) is 1. The molecule has 1 aromatic carbocycles. The lowest BCUT2D eigenvalue weighted by molar-refractivity contribution is 0.0559. The number of aliphatic hydroxyl groups excluding tert-OH is 1. The fourth-order valence-electron chi connectivity index (χ4n) is 2.81. The molecule has 1 fully saturated rings. The molecule has 1 saturated carbocycles. The van der Waals surface area contributed by atoms with Crippen molar-refractivity contribution in [3.05, 3.63) is 28.2 Å². The first-order chi connectivity index (χ1) is 8.91. The zero-order valence-electron chi connectivity index (χ0n) is 11.6. The second-order valence-electron chi connectivity index (χ2n) is 5.67. The van der Waals surface area contributed by atoms with Crippen LogP contribution in [0.1, 0.15) is 44.3 Å². The number of benzene rings is 1. The van der Waals surface area contributed by atoms with Crippen LogP contribution in [0.2, 0.25) is 0 Å². The van der Waals surface area contributed by atoms with E-state index >= 15 is 0 Å². The third kappa shape index (κ3) is 3.50. The van der Waals surface area contributed by atoms with Crippen LogP contribution >= 0.6 is 15.9 Å². The average Bonchev–Trinajstić information content (AvgIpc) is 2.75. The van der Waals surface area contributed by atoms with Crippen LogP contribution in [0.4, 0.5) is 5.69 Å². The van der Waals surface area contributed by atoms with Crippen molar-refractivity contribution in [2.24, 2.45) is 0 Å². The lowest BCUT2D eigenvalue weighted by atomic mass is 10.0. The number of anilines is 1. The molecule has 0 amide bonds. The first-order valence-corrected chi connectivity index (χ1v) is 7.62. The molecule has 1 unspecified atom stereocenters. The summed E-state index contributed by atoms with van der Waals surface area (Å²) in [6, 6.07) is 5.86. The molecule has 0 bridgehead atoms. The highest BCUT2D eigenvalue weighted by molar-refractivity contribution is 9.10. The van der Waals surface area contributed by atoms with E-state index in [1.54, 1.807) is 6.92 Å². The van der Waals surface area contributed by atoms with Crippen LogP contribution in [-0.4, -0.2) is 29.4 Å². The van der Waals surface area contributed by atoms with Crippen LogP contribution in [0.15, 0.2) is 22.7 Å². The van der Waals surface area contributed by atoms with E-state index in [2.05, 4.69) is 20.8 Å². The molecule has 19 heavy (non-hydrogen) atoms. The van der Waals surface area contributed by atoms with E-state index in [-0.39, 0.29) is 0 Å². The molecule has 4 heteroatoms. The van der Waals surface area contributed by atoms with Gasteiger partial charge >= 0.3 is 0 Å². The van der Waals surface area contributed by atoms with Crippen LogP contribution in [-0.2, 0) is 0 Å². The number of hydrogen-bond donors (Lipinski definition) is 2. The van der Waals surface area contributed by atoms with Gasteiger partial charge in [-0.25, -0.2) is 0 Å². The molecule has 1 aromatic rings. The number of rotatable bonds is 4. The van der Waals surface area contributed by atoms with Crippen molar-refractivity contribution in [1.29, 1.82) is 0 Å². The predicted molar refractivity (Wildman–Crippen MR) is 81.5 cm³/mol. The van der Waals surface area contributed by atoms with E-state index < -0.39 is 11.7 Å². The van der Waals surface area contributed by atoms with Crippen molar-refractivity contribution in [2.75, 3.05) is 18.5 Å². The van der Waals surface area contributed by atoms with Gasteiger partial charge < -0.3 is 15.1 Å². The number of hydrogen-bond acceptors (Lipinski definition) is 3. The van der Waals surface area contributed by atoms with Gasteiger partial charge in [0.15, 0.2) is 0 Å². The topological polar surface area (TPSA) is 43.7 Å². The molecular formula is C15H22BrNO2. The summed E-state index contributed by atoms with van der Waals surface area (Å²) < 4.78 is 0.954. The monoisotopic (exact) mass is 327 g/mol. The highest BCUT2D eigenvalue weighted by atomic mass is 79.9. The molecule has 3 nitrogen and oxygen atoms in total. The first-order valence-electron chi connectivity index (χ1n) is 6.82. The molecule has 1 aliphatic rings. The Balaban J connectivity index is 2.12. The minimum absolute atomic E-state index is 0.463. The molecule has 0 aliphatic heterocycles. The van der Waals surface area contributed by atoms with Crippen LogP contribution in [0.5, 0.6) is 0 Å². The largest absolute Gasteiger partial charge is 0.389 e. The fraction of sp³-hybridized carbons (Fsp3) is 0.600. The highest BCUT2D eigenvalue weighted by Gasteiger charge is 2.32. The minimum Gasteiger partial charge on any atom is -0.389 e. The van der Waals surface area contributed by atoms with Gasteiger partial charge in [0, 0.05) is 18.1 Å². The van der Waals surface area contributed by atoms with E-state index in [9.17, 15) is 10.2 Å². The number of likely N-dealkylation sites (N-methyl/N-ethyl adjacent to an activating group) is 1. The molecular weight excluding hydrogens is 306 g/mol. The van der Waals surface area contributed by atoms with Gasteiger partial charge in [0.05, 0.1) is 17.4 Å². The Morgan fingerprint density at radius 1 is 1.37 bits per heavy atom. The molecule has 0 heterocycles. The molecule has 2 rings (SSSR count). The summed E-state index contributed by atoms with van der Waals surface area (Å²) in [5, 5.41) is 20.0. The van der Waals surface area contributed by atoms with Crippen LogP contribution in [0, 0.1) is 0 Å². The molecule has 0 saturated heterocycles. The molecule has 106 valence electrons. The van der Waals surface area contributed by atoms with Crippen molar-refractivity contribution < 1.29 is 10.2 Å². The maximum atomic E-state index is 10.5. The van der Waals surface area contributed by atoms with Crippen molar-refractivity contribution in [1.82, 2.24) is 0 Å². The highest BCUT2D eigenvalue weighted by Crippen LogP contribution is 2.34. The Bertz CT molecular complexity index is 442.